The minimum absolute atomic E-state index is 0.248. The molecule has 5 nitrogen and oxygen atoms in total. The molecule has 0 aliphatic carbocycles. The van der Waals surface area contributed by atoms with Gasteiger partial charge in [-0.1, -0.05) is 12.1 Å². The van der Waals surface area contributed by atoms with Crippen LogP contribution in [0.15, 0.2) is 48.5 Å². The van der Waals surface area contributed by atoms with E-state index in [4.69, 9.17) is 9.47 Å². The zero-order valence-electron chi connectivity index (χ0n) is 12.1. The van der Waals surface area contributed by atoms with Gasteiger partial charge in [0.25, 0.3) is 0 Å². The molecule has 0 spiro atoms. The number of para-hydroxylation sites is 1. The van der Waals surface area contributed by atoms with Gasteiger partial charge in [-0.3, -0.25) is 0 Å². The van der Waals surface area contributed by atoms with Gasteiger partial charge in [0.05, 0.1) is 19.3 Å². The lowest BCUT2D eigenvalue weighted by molar-refractivity contribution is 0.247. The third-order valence-electron chi connectivity index (χ3n) is 2.84. The number of hydrogen-bond donors (Lipinski definition) is 2. The van der Waals surface area contributed by atoms with Gasteiger partial charge in [-0.05, 0) is 59.0 Å². The first-order chi connectivity index (χ1) is 10.7. The average molecular weight is 412 g/mol. The van der Waals surface area contributed by atoms with Gasteiger partial charge in [0.1, 0.15) is 18.1 Å². The number of hydrogen-bond acceptors (Lipinski definition) is 3. The van der Waals surface area contributed by atoms with Crippen molar-refractivity contribution >= 4 is 34.3 Å². The Morgan fingerprint density at radius 3 is 2.45 bits per heavy atom. The number of carbonyl (C=O) groups excluding carboxylic acids is 1. The van der Waals surface area contributed by atoms with E-state index in [1.54, 1.807) is 7.11 Å². The molecular weight excluding hydrogens is 395 g/mol. The van der Waals surface area contributed by atoms with Crippen LogP contribution in [0.1, 0.15) is 0 Å². The molecule has 2 aromatic carbocycles. The average Bonchev–Trinajstić information content (AvgIpc) is 2.54. The van der Waals surface area contributed by atoms with Gasteiger partial charge in [0.15, 0.2) is 0 Å². The Kier molecular flexibility index (Phi) is 6.32. The van der Waals surface area contributed by atoms with E-state index >= 15 is 0 Å². The highest BCUT2D eigenvalue weighted by Crippen LogP contribution is 2.17. The van der Waals surface area contributed by atoms with Gasteiger partial charge in [-0.2, -0.15) is 0 Å². The van der Waals surface area contributed by atoms with Gasteiger partial charge in [0, 0.05) is 3.57 Å². The molecule has 0 aromatic heterocycles. The molecule has 0 aliphatic rings. The number of ether oxygens (including phenoxy) is 2. The number of carbonyl (C=O) groups is 1. The maximum atomic E-state index is 11.8. The highest BCUT2D eigenvalue weighted by molar-refractivity contribution is 14.1. The molecule has 0 saturated heterocycles. The highest BCUT2D eigenvalue weighted by Gasteiger charge is 2.03. The molecule has 2 rings (SSSR count). The molecule has 0 fully saturated rings. The lowest BCUT2D eigenvalue weighted by Crippen LogP contribution is -2.32. The third kappa shape index (κ3) is 5.10. The first kappa shape index (κ1) is 16.4. The monoisotopic (exact) mass is 412 g/mol. The minimum atomic E-state index is -0.248. The Morgan fingerprint density at radius 1 is 1.09 bits per heavy atom. The molecule has 0 atom stereocenters. The van der Waals surface area contributed by atoms with E-state index in [2.05, 4.69) is 33.2 Å². The summed E-state index contributed by atoms with van der Waals surface area (Å²) >= 11 is 2.17. The molecule has 2 N–H and O–H groups in total. The second-order valence-corrected chi connectivity index (χ2v) is 5.55. The molecule has 116 valence electrons. The topological polar surface area (TPSA) is 59.6 Å². The number of methoxy groups -OCH3 is 1. The molecule has 0 saturated carbocycles. The zero-order valence-corrected chi connectivity index (χ0v) is 14.3. The van der Waals surface area contributed by atoms with E-state index in [1.165, 1.54) is 0 Å². The Hall–Kier alpha value is -1.96. The van der Waals surface area contributed by atoms with Crippen molar-refractivity contribution in [1.82, 2.24) is 5.32 Å². The van der Waals surface area contributed by atoms with Gasteiger partial charge >= 0.3 is 6.03 Å². The fourth-order valence-corrected chi connectivity index (χ4v) is 2.26. The van der Waals surface area contributed by atoms with E-state index in [9.17, 15) is 4.79 Å². The van der Waals surface area contributed by atoms with E-state index in [-0.39, 0.29) is 6.03 Å². The molecule has 2 aromatic rings. The van der Waals surface area contributed by atoms with E-state index in [0.717, 1.165) is 20.8 Å². The number of amides is 2. The smallest absolute Gasteiger partial charge is 0.319 e. The zero-order chi connectivity index (χ0) is 15.8. The van der Waals surface area contributed by atoms with Crippen LogP contribution in [-0.2, 0) is 0 Å². The largest absolute Gasteiger partial charge is 0.497 e. The lowest BCUT2D eigenvalue weighted by atomic mass is 10.3. The summed E-state index contributed by atoms with van der Waals surface area (Å²) in [5, 5.41) is 5.54. The lowest BCUT2D eigenvalue weighted by Gasteiger charge is -2.10. The van der Waals surface area contributed by atoms with Crippen molar-refractivity contribution in [3.63, 3.8) is 0 Å². The molecule has 0 bridgehead atoms. The van der Waals surface area contributed by atoms with Crippen molar-refractivity contribution < 1.29 is 14.3 Å². The molecule has 2 amide bonds. The van der Waals surface area contributed by atoms with Gasteiger partial charge in [-0.25, -0.2) is 4.79 Å². The van der Waals surface area contributed by atoms with Gasteiger partial charge in [-0.15, -0.1) is 0 Å². The third-order valence-corrected chi connectivity index (χ3v) is 3.78. The van der Waals surface area contributed by atoms with Crippen molar-refractivity contribution in [3.8, 4) is 11.5 Å². The Labute approximate surface area is 143 Å². The minimum Gasteiger partial charge on any atom is -0.497 e. The number of benzene rings is 2. The summed E-state index contributed by atoms with van der Waals surface area (Å²) in [6.07, 6.45) is 0. The number of anilines is 1. The summed E-state index contributed by atoms with van der Waals surface area (Å²) in [6, 6.07) is 14.6. The van der Waals surface area contributed by atoms with Crippen LogP contribution in [0.2, 0.25) is 0 Å². The van der Waals surface area contributed by atoms with Crippen LogP contribution in [0.3, 0.4) is 0 Å². The molecule has 6 heteroatoms. The van der Waals surface area contributed by atoms with Crippen LogP contribution in [-0.4, -0.2) is 26.3 Å². The van der Waals surface area contributed by atoms with Crippen LogP contribution in [0.25, 0.3) is 0 Å². The summed E-state index contributed by atoms with van der Waals surface area (Å²) < 4.78 is 11.6. The molecule has 22 heavy (non-hydrogen) atoms. The summed E-state index contributed by atoms with van der Waals surface area (Å²) in [4.78, 5) is 11.8. The maximum Gasteiger partial charge on any atom is 0.319 e. The molecule has 0 radical (unpaired) electrons. The normalized spacial score (nSPS) is 9.91. The van der Waals surface area contributed by atoms with Gasteiger partial charge < -0.3 is 20.1 Å². The first-order valence-corrected chi connectivity index (χ1v) is 7.83. The number of urea groups is 1. The van der Waals surface area contributed by atoms with Crippen molar-refractivity contribution in [3.05, 3.63) is 52.1 Å². The predicted molar refractivity (Wildman–Crippen MR) is 94.7 cm³/mol. The van der Waals surface area contributed by atoms with E-state index < -0.39 is 0 Å². The maximum absolute atomic E-state index is 11.8. The Balaban J connectivity index is 1.69. The number of halogens is 1. The summed E-state index contributed by atoms with van der Waals surface area (Å²) in [6.45, 7) is 0.812. The van der Waals surface area contributed by atoms with E-state index in [1.807, 2.05) is 48.5 Å². The summed E-state index contributed by atoms with van der Waals surface area (Å²) in [5.74, 6) is 1.52. The van der Waals surface area contributed by atoms with Crippen LogP contribution in [0, 0.1) is 3.57 Å². The van der Waals surface area contributed by atoms with E-state index in [0.29, 0.717) is 13.2 Å². The number of nitrogens with one attached hydrogen (secondary N) is 2. The molecule has 0 heterocycles. The Bertz CT molecular complexity index is 617. The number of rotatable bonds is 6. The second kappa shape index (κ2) is 8.47. The van der Waals surface area contributed by atoms with Gasteiger partial charge in [0.2, 0.25) is 0 Å². The summed E-state index contributed by atoms with van der Waals surface area (Å²) in [7, 11) is 1.62. The predicted octanol–water partition coefficient (Wildman–Crippen LogP) is 3.50. The molecule has 0 aliphatic heterocycles. The van der Waals surface area contributed by atoms with Crippen molar-refractivity contribution in [2.75, 3.05) is 25.6 Å². The fourth-order valence-electron chi connectivity index (χ4n) is 1.73. The SMILES string of the molecule is COc1ccc(OCCNC(=O)Nc2ccccc2I)cc1. The fraction of sp³-hybridized carbons (Fsp3) is 0.188. The van der Waals surface area contributed by atoms with Crippen LogP contribution >= 0.6 is 22.6 Å². The molecular formula is C16H17IN2O3. The quantitative estimate of drug-likeness (QED) is 0.564. The first-order valence-electron chi connectivity index (χ1n) is 6.75. The van der Waals surface area contributed by atoms with Crippen molar-refractivity contribution in [2.45, 2.75) is 0 Å². The molecule has 0 unspecified atom stereocenters. The van der Waals surface area contributed by atoms with Crippen LogP contribution < -0.4 is 20.1 Å². The van der Waals surface area contributed by atoms with Crippen LogP contribution in [0.5, 0.6) is 11.5 Å². The van der Waals surface area contributed by atoms with Crippen molar-refractivity contribution in [1.29, 1.82) is 0 Å². The van der Waals surface area contributed by atoms with Crippen LogP contribution in [0.4, 0.5) is 10.5 Å². The standard InChI is InChI=1S/C16H17IN2O3/c1-21-12-6-8-13(9-7-12)22-11-10-18-16(20)19-15-5-3-2-4-14(15)17/h2-9H,10-11H2,1H3,(H2,18,19,20). The Morgan fingerprint density at radius 2 is 1.77 bits per heavy atom. The summed E-state index contributed by atoms with van der Waals surface area (Å²) in [5.41, 5.74) is 0.789. The second-order valence-electron chi connectivity index (χ2n) is 4.38. The van der Waals surface area contributed by atoms with Crippen molar-refractivity contribution in [2.24, 2.45) is 0 Å². The highest BCUT2D eigenvalue weighted by atomic mass is 127.